The minimum absolute atomic E-state index is 0.111. The molecule has 3 aromatic rings. The lowest BCUT2D eigenvalue weighted by Gasteiger charge is -2.18. The molecule has 0 bridgehead atoms. The first-order valence-electron chi connectivity index (χ1n) is 10.1. The summed E-state index contributed by atoms with van der Waals surface area (Å²) in [5.74, 6) is -0.111. The van der Waals surface area contributed by atoms with Gasteiger partial charge < -0.3 is 5.32 Å². The standard InChI is InChI=1S/C21H27N5O3S/c1-4-16-9-7-8-10-18(16)22-21(27)13-14-26-20-12-11-17(15-19(20)23-24-26)30(28,29)25(5-2)6-3/h7-12,15H,4-6,13-14H2,1-3H3,(H,22,27). The van der Waals surface area contributed by atoms with E-state index in [0.29, 0.717) is 30.7 Å². The number of benzene rings is 2. The average molecular weight is 430 g/mol. The highest BCUT2D eigenvalue weighted by atomic mass is 32.2. The van der Waals surface area contributed by atoms with Gasteiger partial charge in [0.15, 0.2) is 0 Å². The summed E-state index contributed by atoms with van der Waals surface area (Å²) in [6.45, 7) is 6.80. The Bertz CT molecular complexity index is 1140. The van der Waals surface area contributed by atoms with Crippen molar-refractivity contribution in [3.63, 3.8) is 0 Å². The zero-order chi connectivity index (χ0) is 21.7. The highest BCUT2D eigenvalue weighted by molar-refractivity contribution is 7.89. The van der Waals surface area contributed by atoms with E-state index in [0.717, 1.165) is 17.7 Å². The molecule has 1 amide bonds. The zero-order valence-corrected chi connectivity index (χ0v) is 18.3. The van der Waals surface area contributed by atoms with E-state index in [-0.39, 0.29) is 17.2 Å². The number of para-hydroxylation sites is 1. The molecule has 0 saturated heterocycles. The second-order valence-corrected chi connectivity index (χ2v) is 8.80. The van der Waals surface area contributed by atoms with Crippen LogP contribution in [0.2, 0.25) is 0 Å². The van der Waals surface area contributed by atoms with Gasteiger partial charge in [-0.05, 0) is 36.2 Å². The summed E-state index contributed by atoms with van der Waals surface area (Å²) < 4.78 is 28.4. The van der Waals surface area contributed by atoms with Crippen LogP contribution in [0.4, 0.5) is 5.69 Å². The predicted molar refractivity (Wildman–Crippen MR) is 117 cm³/mol. The molecule has 0 aliphatic heterocycles. The smallest absolute Gasteiger partial charge is 0.243 e. The predicted octanol–water partition coefficient (Wildman–Crippen LogP) is 3.05. The van der Waals surface area contributed by atoms with Gasteiger partial charge in [0.2, 0.25) is 15.9 Å². The van der Waals surface area contributed by atoms with Crippen LogP contribution in [0.25, 0.3) is 11.0 Å². The fourth-order valence-corrected chi connectivity index (χ4v) is 4.84. The highest BCUT2D eigenvalue weighted by Gasteiger charge is 2.22. The SMILES string of the molecule is CCc1ccccc1NC(=O)CCn1nnc2cc(S(=O)(=O)N(CC)CC)ccc21. The van der Waals surface area contributed by atoms with Crippen molar-refractivity contribution < 1.29 is 13.2 Å². The van der Waals surface area contributed by atoms with Crippen LogP contribution in [0.5, 0.6) is 0 Å². The van der Waals surface area contributed by atoms with Gasteiger partial charge in [0.1, 0.15) is 5.52 Å². The van der Waals surface area contributed by atoms with Crippen molar-refractivity contribution in [2.75, 3.05) is 18.4 Å². The Morgan fingerprint density at radius 2 is 1.83 bits per heavy atom. The lowest BCUT2D eigenvalue weighted by Crippen LogP contribution is -2.30. The van der Waals surface area contributed by atoms with Gasteiger partial charge in [0, 0.05) is 25.2 Å². The number of nitrogens with zero attached hydrogens (tertiary/aromatic N) is 4. The van der Waals surface area contributed by atoms with E-state index in [1.54, 1.807) is 30.7 Å². The normalized spacial score (nSPS) is 11.9. The van der Waals surface area contributed by atoms with Crippen molar-refractivity contribution in [1.29, 1.82) is 0 Å². The number of hydrogen-bond donors (Lipinski definition) is 1. The molecule has 2 aromatic carbocycles. The maximum absolute atomic E-state index is 12.7. The van der Waals surface area contributed by atoms with E-state index >= 15 is 0 Å². The summed E-state index contributed by atoms with van der Waals surface area (Å²) in [7, 11) is -3.56. The first-order valence-corrected chi connectivity index (χ1v) is 11.6. The molecule has 0 fully saturated rings. The molecule has 1 heterocycles. The molecule has 9 heteroatoms. The maximum Gasteiger partial charge on any atom is 0.243 e. The first kappa shape index (κ1) is 21.9. The second kappa shape index (κ2) is 9.36. The summed E-state index contributed by atoms with van der Waals surface area (Å²) in [5, 5.41) is 11.1. The molecule has 1 N–H and O–H groups in total. The number of fused-ring (bicyclic) bond motifs is 1. The average Bonchev–Trinajstić information content (AvgIpc) is 3.15. The fourth-order valence-electron chi connectivity index (χ4n) is 3.36. The highest BCUT2D eigenvalue weighted by Crippen LogP contribution is 2.21. The lowest BCUT2D eigenvalue weighted by atomic mass is 10.1. The quantitative estimate of drug-likeness (QED) is 0.564. The number of aryl methyl sites for hydroxylation is 2. The van der Waals surface area contributed by atoms with Crippen LogP contribution in [0, 0.1) is 0 Å². The zero-order valence-electron chi connectivity index (χ0n) is 17.5. The summed E-state index contributed by atoms with van der Waals surface area (Å²) >= 11 is 0. The number of nitrogens with one attached hydrogen (secondary N) is 1. The number of hydrogen-bond acceptors (Lipinski definition) is 5. The second-order valence-electron chi connectivity index (χ2n) is 6.86. The molecule has 1 aromatic heterocycles. The molecule has 0 aliphatic rings. The van der Waals surface area contributed by atoms with E-state index in [4.69, 9.17) is 0 Å². The summed E-state index contributed by atoms with van der Waals surface area (Å²) in [4.78, 5) is 12.6. The van der Waals surface area contributed by atoms with Crippen molar-refractivity contribution in [3.05, 3.63) is 48.0 Å². The van der Waals surface area contributed by atoms with Crippen LogP contribution in [-0.4, -0.2) is 46.7 Å². The van der Waals surface area contributed by atoms with Crippen molar-refractivity contribution in [1.82, 2.24) is 19.3 Å². The first-order chi connectivity index (χ1) is 14.4. The molecule has 0 atom stereocenters. The topological polar surface area (TPSA) is 97.2 Å². The number of carbonyl (C=O) groups is 1. The van der Waals surface area contributed by atoms with Crippen molar-refractivity contribution in [2.45, 2.75) is 45.1 Å². The van der Waals surface area contributed by atoms with Gasteiger partial charge in [-0.3, -0.25) is 4.79 Å². The monoisotopic (exact) mass is 429 g/mol. The fraction of sp³-hybridized carbons (Fsp3) is 0.381. The van der Waals surface area contributed by atoms with Crippen LogP contribution in [0.3, 0.4) is 0 Å². The minimum Gasteiger partial charge on any atom is -0.326 e. The Kier molecular flexibility index (Phi) is 6.84. The van der Waals surface area contributed by atoms with E-state index in [9.17, 15) is 13.2 Å². The Morgan fingerprint density at radius 1 is 1.10 bits per heavy atom. The molecule has 30 heavy (non-hydrogen) atoms. The lowest BCUT2D eigenvalue weighted by molar-refractivity contribution is -0.116. The molecule has 0 spiro atoms. The number of amides is 1. The summed E-state index contributed by atoms with van der Waals surface area (Å²) in [6.07, 6.45) is 1.07. The molecule has 0 saturated carbocycles. The van der Waals surface area contributed by atoms with Crippen molar-refractivity contribution >= 4 is 32.7 Å². The van der Waals surface area contributed by atoms with Crippen LogP contribution in [0.15, 0.2) is 47.4 Å². The number of anilines is 1. The van der Waals surface area contributed by atoms with E-state index < -0.39 is 10.0 Å². The van der Waals surface area contributed by atoms with E-state index in [2.05, 4.69) is 15.6 Å². The van der Waals surface area contributed by atoms with Crippen LogP contribution in [0.1, 0.15) is 32.8 Å². The molecule has 3 rings (SSSR count). The van der Waals surface area contributed by atoms with Crippen LogP contribution < -0.4 is 5.32 Å². The molecule has 160 valence electrons. The van der Waals surface area contributed by atoms with Gasteiger partial charge in [0.25, 0.3) is 0 Å². The number of rotatable bonds is 9. The molecule has 8 nitrogen and oxygen atoms in total. The van der Waals surface area contributed by atoms with Gasteiger partial charge >= 0.3 is 0 Å². The summed E-state index contributed by atoms with van der Waals surface area (Å²) in [6, 6.07) is 12.5. The van der Waals surface area contributed by atoms with E-state index in [1.807, 2.05) is 31.2 Å². The van der Waals surface area contributed by atoms with Gasteiger partial charge in [-0.25, -0.2) is 13.1 Å². The third kappa shape index (κ3) is 4.52. The van der Waals surface area contributed by atoms with Gasteiger partial charge in [0.05, 0.1) is 17.0 Å². The summed E-state index contributed by atoms with van der Waals surface area (Å²) in [5.41, 5.74) is 3.08. The molecule has 0 unspecified atom stereocenters. The van der Waals surface area contributed by atoms with Gasteiger partial charge in [-0.2, -0.15) is 4.31 Å². The third-order valence-corrected chi connectivity index (χ3v) is 7.10. The Balaban J connectivity index is 1.73. The van der Waals surface area contributed by atoms with Gasteiger partial charge in [-0.15, -0.1) is 5.10 Å². The van der Waals surface area contributed by atoms with Gasteiger partial charge in [-0.1, -0.05) is 44.2 Å². The largest absolute Gasteiger partial charge is 0.326 e. The van der Waals surface area contributed by atoms with Crippen molar-refractivity contribution in [3.8, 4) is 0 Å². The van der Waals surface area contributed by atoms with Crippen molar-refractivity contribution in [2.24, 2.45) is 0 Å². The Labute approximate surface area is 176 Å². The number of aromatic nitrogens is 3. The molecular formula is C21H27N5O3S. The molecule has 0 aliphatic carbocycles. The van der Waals surface area contributed by atoms with E-state index in [1.165, 1.54) is 10.4 Å². The molecular weight excluding hydrogens is 402 g/mol. The minimum atomic E-state index is -3.56. The van der Waals surface area contributed by atoms with Crippen LogP contribution in [-0.2, 0) is 27.8 Å². The molecule has 0 radical (unpaired) electrons. The number of carbonyl (C=O) groups excluding carboxylic acids is 1. The maximum atomic E-state index is 12.7. The third-order valence-electron chi connectivity index (χ3n) is 5.05. The Hall–Kier alpha value is -2.78. The number of sulfonamides is 1. The Morgan fingerprint density at radius 3 is 2.53 bits per heavy atom. The van der Waals surface area contributed by atoms with Crippen LogP contribution >= 0.6 is 0 Å².